The molecule has 0 aliphatic heterocycles. The first-order valence-electron chi connectivity index (χ1n) is 5.78. The van der Waals surface area contributed by atoms with Gasteiger partial charge in [-0.2, -0.15) is 0 Å². The molecule has 0 heterocycles. The number of para-hydroxylation sites is 1. The van der Waals surface area contributed by atoms with E-state index in [0.717, 1.165) is 19.3 Å². The maximum Gasteiger partial charge on any atom is 0.274 e. The second kappa shape index (κ2) is 5.25. The van der Waals surface area contributed by atoms with Crippen LogP contribution in [0.2, 0.25) is 0 Å². The average molecular weight is 236 g/mol. The molecule has 0 amide bonds. The smallest absolute Gasteiger partial charge is 0.274 e. The zero-order valence-corrected chi connectivity index (χ0v) is 9.54. The highest BCUT2D eigenvalue weighted by Crippen LogP contribution is 2.24. The Labute approximate surface area is 99.7 Å². The first kappa shape index (κ1) is 12.0. The summed E-state index contributed by atoms with van der Waals surface area (Å²) in [5, 5.41) is 10.8. The molecule has 1 aromatic rings. The van der Waals surface area contributed by atoms with E-state index in [1.165, 1.54) is 6.07 Å². The number of nitro benzene ring substituents is 1. The van der Waals surface area contributed by atoms with Crippen molar-refractivity contribution in [2.24, 2.45) is 5.73 Å². The third kappa shape index (κ3) is 2.81. The normalized spacial score (nSPS) is 23.8. The van der Waals surface area contributed by atoms with Gasteiger partial charge in [0.25, 0.3) is 5.69 Å². The van der Waals surface area contributed by atoms with Crippen LogP contribution in [0.15, 0.2) is 24.3 Å². The molecule has 17 heavy (non-hydrogen) atoms. The van der Waals surface area contributed by atoms with Gasteiger partial charge in [-0.1, -0.05) is 12.1 Å². The van der Waals surface area contributed by atoms with Crippen molar-refractivity contribution in [3.8, 4) is 0 Å². The molecule has 1 aromatic carbocycles. The van der Waals surface area contributed by atoms with Gasteiger partial charge >= 0.3 is 0 Å². The van der Waals surface area contributed by atoms with Crippen LogP contribution in [0.3, 0.4) is 0 Å². The van der Waals surface area contributed by atoms with Crippen LogP contribution in [0.4, 0.5) is 5.69 Å². The standard InChI is InChI=1S/C12H16N2O3/c13-10-5-3-7-12(10)17-8-9-4-1-2-6-11(9)14(15)16/h1-2,4,6,10,12H,3,5,7-8,13H2. The van der Waals surface area contributed by atoms with E-state index in [0.29, 0.717) is 5.56 Å². The van der Waals surface area contributed by atoms with Gasteiger partial charge in [0.15, 0.2) is 0 Å². The van der Waals surface area contributed by atoms with Gasteiger partial charge in [-0.15, -0.1) is 0 Å². The maximum absolute atomic E-state index is 10.8. The van der Waals surface area contributed by atoms with Crippen molar-refractivity contribution in [3.63, 3.8) is 0 Å². The molecule has 0 bridgehead atoms. The SMILES string of the molecule is NC1CCCC1OCc1ccccc1[N+](=O)[O-]. The quantitative estimate of drug-likeness (QED) is 0.640. The Balaban J connectivity index is 2.01. The van der Waals surface area contributed by atoms with Crippen molar-refractivity contribution in [1.82, 2.24) is 0 Å². The molecule has 2 rings (SSSR count). The minimum Gasteiger partial charge on any atom is -0.372 e. The predicted molar refractivity (Wildman–Crippen MR) is 63.5 cm³/mol. The third-order valence-corrected chi connectivity index (χ3v) is 3.14. The number of nitro groups is 1. The van der Waals surface area contributed by atoms with Gasteiger partial charge in [-0.05, 0) is 25.3 Å². The van der Waals surface area contributed by atoms with Crippen LogP contribution in [-0.4, -0.2) is 17.1 Å². The topological polar surface area (TPSA) is 78.4 Å². The second-order valence-electron chi connectivity index (χ2n) is 4.33. The summed E-state index contributed by atoms with van der Waals surface area (Å²) in [7, 11) is 0. The number of hydrogen-bond acceptors (Lipinski definition) is 4. The van der Waals surface area contributed by atoms with Crippen LogP contribution < -0.4 is 5.73 Å². The first-order valence-corrected chi connectivity index (χ1v) is 5.78. The number of nitrogens with zero attached hydrogens (tertiary/aromatic N) is 1. The molecule has 2 atom stereocenters. The van der Waals surface area contributed by atoms with Crippen molar-refractivity contribution in [2.45, 2.75) is 38.0 Å². The highest BCUT2D eigenvalue weighted by Gasteiger charge is 2.25. The minimum absolute atomic E-state index is 0.0369. The van der Waals surface area contributed by atoms with E-state index in [4.69, 9.17) is 10.5 Å². The van der Waals surface area contributed by atoms with E-state index in [1.54, 1.807) is 18.2 Å². The lowest BCUT2D eigenvalue weighted by atomic mass is 10.2. The number of benzene rings is 1. The summed E-state index contributed by atoms with van der Waals surface area (Å²) in [4.78, 5) is 10.4. The first-order chi connectivity index (χ1) is 8.18. The van der Waals surface area contributed by atoms with E-state index >= 15 is 0 Å². The number of ether oxygens (including phenoxy) is 1. The van der Waals surface area contributed by atoms with Crippen molar-refractivity contribution in [3.05, 3.63) is 39.9 Å². The van der Waals surface area contributed by atoms with Gasteiger partial charge < -0.3 is 10.5 Å². The summed E-state index contributed by atoms with van der Waals surface area (Å²) in [5.41, 5.74) is 6.60. The van der Waals surface area contributed by atoms with E-state index in [9.17, 15) is 10.1 Å². The molecule has 0 radical (unpaired) electrons. The Hall–Kier alpha value is -1.46. The maximum atomic E-state index is 10.8. The van der Waals surface area contributed by atoms with Crippen molar-refractivity contribution in [1.29, 1.82) is 0 Å². The van der Waals surface area contributed by atoms with Crippen LogP contribution in [0, 0.1) is 10.1 Å². The molecular formula is C12H16N2O3. The van der Waals surface area contributed by atoms with E-state index in [-0.39, 0.29) is 29.4 Å². The molecule has 1 aliphatic rings. The second-order valence-corrected chi connectivity index (χ2v) is 4.33. The highest BCUT2D eigenvalue weighted by atomic mass is 16.6. The van der Waals surface area contributed by atoms with Crippen molar-refractivity contribution in [2.75, 3.05) is 0 Å². The molecule has 2 N–H and O–H groups in total. The molecule has 1 fully saturated rings. The summed E-state index contributed by atoms with van der Waals surface area (Å²) in [6, 6.07) is 6.72. The molecule has 0 aromatic heterocycles. The van der Waals surface area contributed by atoms with E-state index in [1.807, 2.05) is 0 Å². The third-order valence-electron chi connectivity index (χ3n) is 3.14. The Morgan fingerprint density at radius 1 is 1.41 bits per heavy atom. The monoisotopic (exact) mass is 236 g/mol. The summed E-state index contributed by atoms with van der Waals surface area (Å²) in [5.74, 6) is 0. The predicted octanol–water partition coefficient (Wildman–Crippen LogP) is 1.99. The lowest BCUT2D eigenvalue weighted by molar-refractivity contribution is -0.386. The van der Waals surface area contributed by atoms with Gasteiger partial charge in [0.1, 0.15) is 0 Å². The summed E-state index contributed by atoms with van der Waals surface area (Å²) >= 11 is 0. The van der Waals surface area contributed by atoms with Gasteiger partial charge in [0.05, 0.1) is 23.2 Å². The number of rotatable bonds is 4. The molecule has 5 nitrogen and oxygen atoms in total. The van der Waals surface area contributed by atoms with Crippen molar-refractivity contribution < 1.29 is 9.66 Å². The van der Waals surface area contributed by atoms with E-state index < -0.39 is 0 Å². The van der Waals surface area contributed by atoms with Crippen LogP contribution in [0.25, 0.3) is 0 Å². The fourth-order valence-corrected chi connectivity index (χ4v) is 2.17. The molecule has 1 saturated carbocycles. The van der Waals surface area contributed by atoms with Crippen LogP contribution in [-0.2, 0) is 11.3 Å². The minimum atomic E-state index is -0.382. The van der Waals surface area contributed by atoms with Gasteiger partial charge in [-0.25, -0.2) is 0 Å². The molecular weight excluding hydrogens is 220 g/mol. The van der Waals surface area contributed by atoms with Crippen LogP contribution in [0.5, 0.6) is 0 Å². The summed E-state index contributed by atoms with van der Waals surface area (Å²) in [6.07, 6.45) is 3.03. The Kier molecular flexibility index (Phi) is 3.71. The van der Waals surface area contributed by atoms with Crippen molar-refractivity contribution >= 4 is 5.69 Å². The molecule has 5 heteroatoms. The number of hydrogen-bond donors (Lipinski definition) is 1. The molecule has 1 aliphatic carbocycles. The van der Waals surface area contributed by atoms with E-state index in [2.05, 4.69) is 0 Å². The molecule has 92 valence electrons. The van der Waals surface area contributed by atoms with Crippen LogP contribution >= 0.6 is 0 Å². The zero-order valence-electron chi connectivity index (χ0n) is 9.54. The fraction of sp³-hybridized carbons (Fsp3) is 0.500. The molecule has 2 unspecified atom stereocenters. The summed E-state index contributed by atoms with van der Waals surface area (Å²) in [6.45, 7) is 0.259. The van der Waals surface area contributed by atoms with Gasteiger partial charge in [0.2, 0.25) is 0 Å². The average Bonchev–Trinajstić information content (AvgIpc) is 2.72. The van der Waals surface area contributed by atoms with Crippen LogP contribution in [0.1, 0.15) is 24.8 Å². The summed E-state index contributed by atoms with van der Waals surface area (Å²) < 4.78 is 5.66. The zero-order chi connectivity index (χ0) is 12.3. The fourth-order valence-electron chi connectivity index (χ4n) is 2.17. The molecule has 0 spiro atoms. The Morgan fingerprint density at radius 2 is 2.18 bits per heavy atom. The highest BCUT2D eigenvalue weighted by molar-refractivity contribution is 5.39. The van der Waals surface area contributed by atoms with Gasteiger partial charge in [-0.3, -0.25) is 10.1 Å². The lowest BCUT2D eigenvalue weighted by Gasteiger charge is -2.16. The van der Waals surface area contributed by atoms with Gasteiger partial charge in [0, 0.05) is 12.1 Å². The number of nitrogens with two attached hydrogens (primary N) is 1. The molecule has 0 saturated heterocycles. The Bertz CT molecular complexity index is 408. The Morgan fingerprint density at radius 3 is 2.82 bits per heavy atom. The largest absolute Gasteiger partial charge is 0.372 e. The lowest BCUT2D eigenvalue weighted by Crippen LogP contribution is -2.31.